The minimum absolute atomic E-state index is 0.121. The molecule has 9 nitrogen and oxygen atoms in total. The maximum Gasteiger partial charge on any atom is 0.408 e. The summed E-state index contributed by atoms with van der Waals surface area (Å²) in [7, 11) is -3.38. The third-order valence-electron chi connectivity index (χ3n) is 5.26. The second kappa shape index (κ2) is 11.5. The zero-order valence-corrected chi connectivity index (χ0v) is 20.9. The molecule has 0 bridgehead atoms. The van der Waals surface area contributed by atoms with Crippen molar-refractivity contribution in [2.24, 2.45) is 5.92 Å². The second-order valence-electron chi connectivity index (χ2n) is 9.32. The van der Waals surface area contributed by atoms with Crippen LogP contribution in [0.1, 0.15) is 52.9 Å². The molecule has 35 heavy (non-hydrogen) atoms. The molecule has 1 aromatic carbocycles. The molecule has 1 atom stereocenters. The number of anilines is 1. The summed E-state index contributed by atoms with van der Waals surface area (Å²) in [5.41, 5.74) is -0.611. The van der Waals surface area contributed by atoms with E-state index in [1.165, 1.54) is 16.9 Å². The number of hydrogen-bond donors (Lipinski definition) is 3. The van der Waals surface area contributed by atoms with E-state index in [-0.39, 0.29) is 17.4 Å². The van der Waals surface area contributed by atoms with Crippen molar-refractivity contribution in [1.82, 2.24) is 10.0 Å². The van der Waals surface area contributed by atoms with E-state index in [0.29, 0.717) is 0 Å². The molecule has 1 aromatic rings. The van der Waals surface area contributed by atoms with Gasteiger partial charge in [0, 0.05) is 11.8 Å². The van der Waals surface area contributed by atoms with Crippen molar-refractivity contribution in [2.45, 2.75) is 75.6 Å². The number of methoxy groups -OCH3 is 1. The van der Waals surface area contributed by atoms with Gasteiger partial charge in [-0.15, -0.1) is 0 Å². The Morgan fingerprint density at radius 3 is 2.29 bits per heavy atom. The summed E-state index contributed by atoms with van der Waals surface area (Å²) < 4.78 is 73.8. The third kappa shape index (κ3) is 9.21. The Morgan fingerprint density at radius 1 is 1.11 bits per heavy atom. The number of hydrogen-bond acceptors (Lipinski definition) is 6. The molecule has 2 rings (SSSR count). The summed E-state index contributed by atoms with van der Waals surface area (Å²) in [5.74, 6) is -0.910. The predicted octanol–water partition coefficient (Wildman–Crippen LogP) is 3.95. The van der Waals surface area contributed by atoms with Gasteiger partial charge in [-0.25, -0.2) is 17.9 Å². The van der Waals surface area contributed by atoms with Crippen LogP contribution in [0, 0.1) is 5.92 Å². The number of carbonyl (C=O) groups is 2. The highest BCUT2D eigenvalue weighted by Crippen LogP contribution is 2.30. The first-order valence-electron chi connectivity index (χ1n) is 11.2. The lowest BCUT2D eigenvalue weighted by atomic mass is 9.83. The van der Waals surface area contributed by atoms with Crippen LogP contribution in [0.4, 0.5) is 23.7 Å². The van der Waals surface area contributed by atoms with Crippen molar-refractivity contribution < 1.29 is 40.7 Å². The Labute approximate surface area is 203 Å². The Balaban J connectivity index is 2.23. The SMILES string of the molecule is COc1cc(NC(=O)[C@@H](NC(=O)OC(C)(C)C)C2CCCCC2)ccc1S(=O)(=O)NCC(F)(F)F. The zero-order chi connectivity index (χ0) is 26.4. The van der Waals surface area contributed by atoms with Crippen LogP contribution in [0.2, 0.25) is 0 Å². The number of ether oxygens (including phenoxy) is 2. The number of alkyl halides is 3. The van der Waals surface area contributed by atoms with Crippen LogP contribution in [0.5, 0.6) is 5.75 Å². The number of nitrogens with one attached hydrogen (secondary N) is 3. The average molecular weight is 524 g/mol. The van der Waals surface area contributed by atoms with Crippen LogP contribution in [0.25, 0.3) is 0 Å². The molecule has 2 amide bonds. The van der Waals surface area contributed by atoms with Gasteiger partial charge in [0.1, 0.15) is 28.8 Å². The van der Waals surface area contributed by atoms with Crippen molar-refractivity contribution in [1.29, 1.82) is 0 Å². The lowest BCUT2D eigenvalue weighted by Gasteiger charge is -2.31. The lowest BCUT2D eigenvalue weighted by molar-refractivity contribution is -0.121. The van der Waals surface area contributed by atoms with Gasteiger partial charge in [0.2, 0.25) is 15.9 Å². The fourth-order valence-corrected chi connectivity index (χ4v) is 4.90. The van der Waals surface area contributed by atoms with E-state index < -0.39 is 51.3 Å². The monoisotopic (exact) mass is 523 g/mol. The van der Waals surface area contributed by atoms with Gasteiger partial charge in [0.25, 0.3) is 0 Å². The highest BCUT2D eigenvalue weighted by molar-refractivity contribution is 7.89. The molecule has 1 aliphatic rings. The molecule has 0 aromatic heterocycles. The van der Waals surface area contributed by atoms with Crippen LogP contribution in [0.3, 0.4) is 0 Å². The Bertz CT molecular complexity index is 1000. The van der Waals surface area contributed by atoms with Gasteiger partial charge < -0.3 is 20.1 Å². The molecule has 198 valence electrons. The van der Waals surface area contributed by atoms with E-state index in [2.05, 4.69) is 10.6 Å². The van der Waals surface area contributed by atoms with Gasteiger partial charge in [0.15, 0.2) is 0 Å². The molecule has 1 aliphatic carbocycles. The Hall–Kier alpha value is -2.54. The number of alkyl carbamates (subject to hydrolysis) is 1. The number of halogens is 3. The first-order chi connectivity index (χ1) is 16.1. The zero-order valence-electron chi connectivity index (χ0n) is 20.1. The molecular formula is C22H32F3N3O6S. The summed E-state index contributed by atoms with van der Waals surface area (Å²) in [4.78, 5) is 25.0. The van der Waals surface area contributed by atoms with Crippen molar-refractivity contribution in [3.05, 3.63) is 18.2 Å². The van der Waals surface area contributed by atoms with Gasteiger partial charge in [-0.1, -0.05) is 19.3 Å². The molecular weight excluding hydrogens is 491 g/mol. The number of amides is 2. The van der Waals surface area contributed by atoms with Gasteiger partial charge in [-0.3, -0.25) is 4.79 Å². The molecule has 13 heteroatoms. The fraction of sp³-hybridized carbons (Fsp3) is 0.636. The number of carbonyl (C=O) groups excluding carboxylic acids is 2. The van der Waals surface area contributed by atoms with Crippen LogP contribution in [-0.2, 0) is 19.6 Å². The number of rotatable bonds is 8. The average Bonchev–Trinajstić information content (AvgIpc) is 2.75. The molecule has 3 N–H and O–H groups in total. The van der Waals surface area contributed by atoms with Gasteiger partial charge in [-0.05, 0) is 51.7 Å². The van der Waals surface area contributed by atoms with E-state index in [1.54, 1.807) is 20.8 Å². The van der Waals surface area contributed by atoms with Crippen molar-refractivity contribution in [3.63, 3.8) is 0 Å². The normalized spacial score (nSPS) is 16.3. The Kier molecular flexibility index (Phi) is 9.40. The summed E-state index contributed by atoms with van der Waals surface area (Å²) in [6.45, 7) is 3.37. The molecule has 0 spiro atoms. The first-order valence-corrected chi connectivity index (χ1v) is 12.6. The topological polar surface area (TPSA) is 123 Å². The highest BCUT2D eigenvalue weighted by atomic mass is 32.2. The number of sulfonamides is 1. The smallest absolute Gasteiger partial charge is 0.408 e. The first kappa shape index (κ1) is 28.7. The van der Waals surface area contributed by atoms with Gasteiger partial charge >= 0.3 is 12.3 Å². The quantitative estimate of drug-likeness (QED) is 0.474. The molecule has 0 heterocycles. The largest absolute Gasteiger partial charge is 0.495 e. The van der Waals surface area contributed by atoms with Crippen LogP contribution in [0.15, 0.2) is 23.1 Å². The summed E-state index contributed by atoms with van der Waals surface area (Å²) >= 11 is 0. The molecule has 1 fully saturated rings. The summed E-state index contributed by atoms with van der Waals surface area (Å²) in [6, 6.07) is 2.55. The third-order valence-corrected chi connectivity index (χ3v) is 6.70. The van der Waals surface area contributed by atoms with E-state index in [1.807, 2.05) is 0 Å². The fourth-order valence-electron chi connectivity index (χ4n) is 3.74. The molecule has 0 aliphatic heterocycles. The molecule has 1 saturated carbocycles. The molecule has 0 radical (unpaired) electrons. The van der Waals surface area contributed by atoms with E-state index >= 15 is 0 Å². The van der Waals surface area contributed by atoms with E-state index in [9.17, 15) is 31.2 Å². The van der Waals surface area contributed by atoms with Gasteiger partial charge in [0.05, 0.1) is 7.11 Å². The van der Waals surface area contributed by atoms with Crippen LogP contribution in [-0.4, -0.2) is 51.9 Å². The highest BCUT2D eigenvalue weighted by Gasteiger charge is 2.34. The van der Waals surface area contributed by atoms with Crippen molar-refractivity contribution >= 4 is 27.7 Å². The Morgan fingerprint density at radius 2 is 1.74 bits per heavy atom. The minimum Gasteiger partial charge on any atom is -0.495 e. The van der Waals surface area contributed by atoms with Crippen LogP contribution >= 0.6 is 0 Å². The predicted molar refractivity (Wildman–Crippen MR) is 123 cm³/mol. The second-order valence-corrected chi connectivity index (χ2v) is 11.1. The molecule has 0 saturated heterocycles. The van der Waals surface area contributed by atoms with Crippen molar-refractivity contribution in [2.75, 3.05) is 19.0 Å². The van der Waals surface area contributed by atoms with E-state index in [0.717, 1.165) is 45.3 Å². The maximum absolute atomic E-state index is 13.1. The number of benzene rings is 1. The standard InChI is InChI=1S/C22H32F3N3O6S/c1-21(2,3)34-20(30)28-18(14-8-6-5-7-9-14)19(29)27-15-10-11-17(16(12-15)33-4)35(31,32)26-13-22(23,24)25/h10-12,14,18,26H,5-9,13H2,1-4H3,(H,27,29)(H,28,30)/t18-/m0/s1. The van der Waals surface area contributed by atoms with Crippen LogP contribution < -0.4 is 20.1 Å². The maximum atomic E-state index is 13.1. The van der Waals surface area contributed by atoms with E-state index in [4.69, 9.17) is 9.47 Å². The lowest BCUT2D eigenvalue weighted by Crippen LogP contribution is -2.50. The summed E-state index contributed by atoms with van der Waals surface area (Å²) in [5, 5.41) is 5.27. The van der Waals surface area contributed by atoms with Gasteiger partial charge in [-0.2, -0.15) is 13.2 Å². The minimum atomic E-state index is -4.73. The van der Waals surface area contributed by atoms with Crippen molar-refractivity contribution in [3.8, 4) is 5.75 Å². The molecule has 0 unspecified atom stereocenters. The summed E-state index contributed by atoms with van der Waals surface area (Å²) in [6.07, 6.45) is -1.14.